The number of rotatable bonds is 5. The Kier molecular flexibility index (Phi) is 4.89. The second kappa shape index (κ2) is 7.10. The average molecular weight is 345 g/mol. The van der Waals surface area contributed by atoms with Crippen molar-refractivity contribution in [2.75, 3.05) is 36.5 Å². The molecule has 2 aromatic rings. The van der Waals surface area contributed by atoms with Crippen LogP contribution in [-0.2, 0) is 6.54 Å². The summed E-state index contributed by atoms with van der Waals surface area (Å²) in [7, 11) is 2.08. The Balaban J connectivity index is 1.73. The van der Waals surface area contributed by atoms with E-state index in [1.807, 2.05) is 12.1 Å². The maximum absolute atomic E-state index is 10.7. The van der Waals surface area contributed by atoms with E-state index in [4.69, 9.17) is 0 Å². The molecule has 0 saturated carbocycles. The molecule has 1 aromatic carbocycles. The summed E-state index contributed by atoms with van der Waals surface area (Å²) in [5, 5.41) is 25.2. The number of para-hydroxylation sites is 2. The minimum absolute atomic E-state index is 0.0671. The van der Waals surface area contributed by atoms with Crippen LogP contribution in [0, 0.1) is 16.0 Å². The molecular weight excluding hydrogens is 322 g/mol. The summed E-state index contributed by atoms with van der Waals surface area (Å²) in [6.45, 7) is 4.66. The average Bonchev–Trinajstić information content (AvgIpc) is 2.98. The monoisotopic (exact) mass is 345 g/mol. The smallest absolute Gasteiger partial charge is 0.306 e. The zero-order chi connectivity index (χ0) is 18.0. The van der Waals surface area contributed by atoms with Gasteiger partial charge in [-0.3, -0.25) is 14.8 Å². The summed E-state index contributed by atoms with van der Waals surface area (Å²) < 4.78 is 1.42. The zero-order valence-electron chi connectivity index (χ0n) is 14.4. The van der Waals surface area contributed by atoms with Crippen LogP contribution in [0.5, 0.6) is 0 Å². The predicted molar refractivity (Wildman–Crippen MR) is 96.0 cm³/mol. The summed E-state index contributed by atoms with van der Waals surface area (Å²) >= 11 is 0. The molecule has 3 rings (SSSR count). The number of aromatic nitrogens is 2. The molecule has 2 atom stereocenters. The van der Waals surface area contributed by atoms with E-state index in [-0.39, 0.29) is 12.2 Å². The van der Waals surface area contributed by atoms with Gasteiger partial charge in [-0.05, 0) is 18.1 Å². The zero-order valence-corrected chi connectivity index (χ0v) is 14.4. The Morgan fingerprint density at radius 2 is 2.04 bits per heavy atom. The van der Waals surface area contributed by atoms with Gasteiger partial charge in [-0.25, -0.2) is 0 Å². The van der Waals surface area contributed by atoms with E-state index in [0.717, 1.165) is 24.5 Å². The molecule has 2 heterocycles. The standard InChI is InChI=1S/C17H23N5O3/c1-13-8-19(2)16-5-3-4-6-17(16)20(9-13)11-15(23)12-21-10-14(7-18-21)22(24)25/h3-7,10,13,15,23H,8-9,11-12H2,1-2H3/t13-,15+/m0/s1. The van der Waals surface area contributed by atoms with Gasteiger partial charge in [0.05, 0.1) is 28.9 Å². The molecule has 1 N–H and O–H groups in total. The van der Waals surface area contributed by atoms with Crippen LogP contribution in [0.3, 0.4) is 0 Å². The SMILES string of the molecule is C[C@H]1CN(C)c2ccccc2N(C[C@@H](O)Cn2cc([N+](=O)[O-])cn2)C1. The van der Waals surface area contributed by atoms with Crippen molar-refractivity contribution in [1.82, 2.24) is 9.78 Å². The fourth-order valence-electron chi connectivity index (χ4n) is 3.40. The normalized spacial score (nSPS) is 18.6. The van der Waals surface area contributed by atoms with E-state index in [2.05, 4.69) is 41.0 Å². The fourth-order valence-corrected chi connectivity index (χ4v) is 3.40. The molecule has 0 aliphatic carbocycles. The maximum atomic E-state index is 10.7. The molecule has 1 aliphatic rings. The number of aliphatic hydroxyl groups is 1. The number of hydrogen-bond acceptors (Lipinski definition) is 6. The Bertz CT molecular complexity index is 747. The van der Waals surface area contributed by atoms with E-state index in [1.54, 1.807) is 0 Å². The van der Waals surface area contributed by atoms with Gasteiger partial charge < -0.3 is 14.9 Å². The first-order valence-electron chi connectivity index (χ1n) is 8.34. The summed E-state index contributed by atoms with van der Waals surface area (Å²) in [5.41, 5.74) is 2.18. The van der Waals surface area contributed by atoms with E-state index in [9.17, 15) is 15.2 Å². The summed E-state index contributed by atoms with van der Waals surface area (Å²) in [6, 6.07) is 8.17. The van der Waals surface area contributed by atoms with Crippen LogP contribution < -0.4 is 9.80 Å². The lowest BCUT2D eigenvalue weighted by Crippen LogP contribution is -2.37. The molecule has 0 saturated heterocycles. The van der Waals surface area contributed by atoms with Crippen molar-refractivity contribution in [3.8, 4) is 0 Å². The fraction of sp³-hybridized carbons (Fsp3) is 0.471. The van der Waals surface area contributed by atoms with Crippen molar-refractivity contribution in [2.24, 2.45) is 5.92 Å². The number of anilines is 2. The Morgan fingerprint density at radius 3 is 2.72 bits per heavy atom. The number of nitrogens with zero attached hydrogens (tertiary/aromatic N) is 5. The number of β-amino-alcohol motifs (C(OH)–C–C–N with tert-alkyl or cyclic N) is 1. The molecule has 1 aliphatic heterocycles. The molecule has 0 spiro atoms. The van der Waals surface area contributed by atoms with Gasteiger partial charge in [-0.15, -0.1) is 0 Å². The molecule has 0 amide bonds. The van der Waals surface area contributed by atoms with E-state index in [1.165, 1.54) is 17.1 Å². The molecule has 8 nitrogen and oxygen atoms in total. The summed E-state index contributed by atoms with van der Waals surface area (Å²) in [5.74, 6) is 0.454. The van der Waals surface area contributed by atoms with Crippen LogP contribution >= 0.6 is 0 Å². The highest BCUT2D eigenvalue weighted by Gasteiger charge is 2.24. The van der Waals surface area contributed by atoms with Crippen molar-refractivity contribution in [2.45, 2.75) is 19.6 Å². The third-order valence-electron chi connectivity index (χ3n) is 4.41. The lowest BCUT2D eigenvalue weighted by atomic mass is 10.1. The van der Waals surface area contributed by atoms with Gasteiger partial charge in [-0.2, -0.15) is 5.10 Å². The molecule has 1 aromatic heterocycles. The van der Waals surface area contributed by atoms with E-state index in [0.29, 0.717) is 12.5 Å². The number of hydrogen-bond donors (Lipinski definition) is 1. The van der Waals surface area contributed by atoms with E-state index < -0.39 is 11.0 Å². The lowest BCUT2D eigenvalue weighted by Gasteiger charge is -2.28. The first kappa shape index (κ1) is 17.2. The molecule has 0 unspecified atom stereocenters. The van der Waals surface area contributed by atoms with Crippen LogP contribution in [0.4, 0.5) is 17.1 Å². The largest absolute Gasteiger partial charge is 0.389 e. The van der Waals surface area contributed by atoms with Crippen LogP contribution in [0.1, 0.15) is 6.92 Å². The summed E-state index contributed by atoms with van der Waals surface area (Å²) in [6.07, 6.45) is 1.87. The van der Waals surface area contributed by atoms with Gasteiger partial charge in [0, 0.05) is 26.7 Å². The highest BCUT2D eigenvalue weighted by molar-refractivity contribution is 5.72. The number of aliphatic hydroxyl groups excluding tert-OH is 1. The minimum Gasteiger partial charge on any atom is -0.389 e. The third-order valence-corrected chi connectivity index (χ3v) is 4.41. The predicted octanol–water partition coefficient (Wildman–Crippen LogP) is 1.74. The first-order chi connectivity index (χ1) is 11.9. The molecule has 0 bridgehead atoms. The van der Waals surface area contributed by atoms with Crippen LogP contribution in [-0.4, -0.2) is 52.6 Å². The van der Waals surface area contributed by atoms with Gasteiger partial charge in [0.1, 0.15) is 12.4 Å². The number of fused-ring (bicyclic) bond motifs is 1. The second-order valence-electron chi connectivity index (χ2n) is 6.71. The molecule has 0 fully saturated rings. The Hall–Kier alpha value is -2.61. The molecule has 0 radical (unpaired) electrons. The van der Waals surface area contributed by atoms with Crippen molar-refractivity contribution in [1.29, 1.82) is 0 Å². The quantitative estimate of drug-likeness (QED) is 0.656. The Morgan fingerprint density at radius 1 is 1.32 bits per heavy atom. The van der Waals surface area contributed by atoms with Crippen LogP contribution in [0.25, 0.3) is 0 Å². The number of benzene rings is 1. The topological polar surface area (TPSA) is 87.7 Å². The molecule has 25 heavy (non-hydrogen) atoms. The second-order valence-corrected chi connectivity index (χ2v) is 6.71. The van der Waals surface area contributed by atoms with Gasteiger partial charge in [-0.1, -0.05) is 19.1 Å². The maximum Gasteiger partial charge on any atom is 0.306 e. The van der Waals surface area contributed by atoms with Crippen LogP contribution in [0.15, 0.2) is 36.7 Å². The first-order valence-corrected chi connectivity index (χ1v) is 8.34. The third kappa shape index (κ3) is 3.90. The molecule has 8 heteroatoms. The van der Waals surface area contributed by atoms with Gasteiger partial charge in [0.2, 0.25) is 0 Å². The Labute approximate surface area is 146 Å². The van der Waals surface area contributed by atoms with Crippen molar-refractivity contribution < 1.29 is 10.0 Å². The van der Waals surface area contributed by atoms with Crippen LogP contribution in [0.2, 0.25) is 0 Å². The molecular formula is C17H23N5O3. The van der Waals surface area contributed by atoms with Gasteiger partial charge in [0.15, 0.2) is 0 Å². The number of nitro groups is 1. The molecule has 134 valence electrons. The van der Waals surface area contributed by atoms with Gasteiger partial charge >= 0.3 is 5.69 Å². The van der Waals surface area contributed by atoms with Gasteiger partial charge in [0.25, 0.3) is 0 Å². The van der Waals surface area contributed by atoms with Crippen molar-refractivity contribution in [3.63, 3.8) is 0 Å². The highest BCUT2D eigenvalue weighted by Crippen LogP contribution is 2.32. The van der Waals surface area contributed by atoms with Crippen molar-refractivity contribution >= 4 is 17.1 Å². The minimum atomic E-state index is -0.678. The summed E-state index contributed by atoms with van der Waals surface area (Å²) in [4.78, 5) is 14.7. The lowest BCUT2D eigenvalue weighted by molar-refractivity contribution is -0.385. The van der Waals surface area contributed by atoms with E-state index >= 15 is 0 Å². The van der Waals surface area contributed by atoms with Crippen molar-refractivity contribution in [3.05, 3.63) is 46.8 Å². The highest BCUT2D eigenvalue weighted by atomic mass is 16.6.